The van der Waals surface area contributed by atoms with Crippen LogP contribution in [-0.4, -0.2) is 30.3 Å². The van der Waals surface area contributed by atoms with Crippen molar-refractivity contribution in [1.82, 2.24) is 5.32 Å². The Hall–Kier alpha value is -1.69. The Morgan fingerprint density at radius 1 is 1.18 bits per heavy atom. The molecule has 1 aliphatic carbocycles. The topological polar surface area (TPSA) is 58.6 Å². The molecule has 2 rings (SSSR count). The number of rotatable bonds is 3. The van der Waals surface area contributed by atoms with Gasteiger partial charge in [0, 0.05) is 12.1 Å². The number of hydrogen-bond acceptors (Lipinski definition) is 3. The van der Waals surface area contributed by atoms with Crippen LogP contribution >= 0.6 is 0 Å². The molecule has 0 bridgehead atoms. The Bertz CT molecular complexity index is 513. The molecule has 0 aliphatic heterocycles. The summed E-state index contributed by atoms with van der Waals surface area (Å²) in [5.41, 5.74) is -0.643. The first-order valence-corrected chi connectivity index (χ1v) is 7.55. The molecule has 2 N–H and O–H groups in total. The van der Waals surface area contributed by atoms with Gasteiger partial charge in [-0.05, 0) is 12.8 Å². The van der Waals surface area contributed by atoms with Crippen molar-refractivity contribution in [2.24, 2.45) is 0 Å². The van der Waals surface area contributed by atoms with E-state index in [9.17, 15) is 18.7 Å². The molecule has 1 aromatic carbocycles. The van der Waals surface area contributed by atoms with Gasteiger partial charge in [0.25, 0.3) is 5.91 Å². The van der Waals surface area contributed by atoms with Crippen molar-refractivity contribution in [1.29, 1.82) is 0 Å². The van der Waals surface area contributed by atoms with E-state index in [2.05, 4.69) is 5.32 Å². The second kappa shape index (κ2) is 7.54. The van der Waals surface area contributed by atoms with Crippen molar-refractivity contribution in [2.45, 2.75) is 50.7 Å². The average molecular weight is 313 g/mol. The fourth-order valence-corrected chi connectivity index (χ4v) is 2.76. The van der Waals surface area contributed by atoms with Crippen LogP contribution in [0.1, 0.15) is 48.9 Å². The molecule has 0 spiro atoms. The van der Waals surface area contributed by atoms with Gasteiger partial charge in [-0.1, -0.05) is 25.7 Å². The van der Waals surface area contributed by atoms with Crippen LogP contribution in [0, 0.1) is 11.6 Å². The van der Waals surface area contributed by atoms with E-state index >= 15 is 0 Å². The van der Waals surface area contributed by atoms with Crippen LogP contribution in [0.25, 0.3) is 0 Å². The Labute approximate surface area is 128 Å². The first kappa shape index (κ1) is 16.7. The highest BCUT2D eigenvalue weighted by Gasteiger charge is 2.26. The lowest BCUT2D eigenvalue weighted by Crippen LogP contribution is -2.44. The Kier molecular flexibility index (Phi) is 5.71. The third kappa shape index (κ3) is 3.94. The number of carbonyl (C=O) groups is 1. The molecule has 0 saturated heterocycles. The summed E-state index contributed by atoms with van der Waals surface area (Å²) in [7, 11) is 1.29. The highest BCUT2D eigenvalue weighted by Crippen LogP contribution is 2.22. The summed E-state index contributed by atoms with van der Waals surface area (Å²) in [5, 5.41) is 12.6. The zero-order valence-corrected chi connectivity index (χ0v) is 12.6. The van der Waals surface area contributed by atoms with E-state index in [1.54, 1.807) is 0 Å². The lowest BCUT2D eigenvalue weighted by atomic mass is 9.94. The molecule has 0 radical (unpaired) electrons. The van der Waals surface area contributed by atoms with E-state index < -0.39 is 35.3 Å². The summed E-state index contributed by atoms with van der Waals surface area (Å²) in [6.45, 7) is 0. The molecule has 22 heavy (non-hydrogen) atoms. The first-order chi connectivity index (χ1) is 10.5. The molecule has 0 unspecified atom stereocenters. The van der Waals surface area contributed by atoms with E-state index in [4.69, 9.17) is 4.74 Å². The maximum atomic E-state index is 13.9. The quantitative estimate of drug-likeness (QED) is 0.902. The third-order valence-electron chi connectivity index (χ3n) is 4.02. The molecule has 1 fully saturated rings. The Morgan fingerprint density at radius 3 is 2.36 bits per heavy atom. The molecule has 4 nitrogen and oxygen atoms in total. The standard InChI is InChI=1S/C16H21F2NO3/c1-22-10-8-11(17)15(12(18)9-10)16(21)19-13-6-4-2-3-5-7-14(13)20/h8-9,13-14,20H,2-7H2,1H3,(H,19,21)/t13-,14-/m0/s1. The lowest BCUT2D eigenvalue weighted by molar-refractivity contribution is 0.0764. The van der Waals surface area contributed by atoms with Crippen molar-refractivity contribution >= 4 is 5.91 Å². The van der Waals surface area contributed by atoms with Crippen LogP contribution < -0.4 is 10.1 Å². The molecule has 1 aromatic rings. The number of benzene rings is 1. The van der Waals surface area contributed by atoms with Crippen LogP contribution in [0.4, 0.5) is 8.78 Å². The van der Waals surface area contributed by atoms with Gasteiger partial charge in [-0.25, -0.2) is 8.78 Å². The highest BCUT2D eigenvalue weighted by atomic mass is 19.1. The maximum absolute atomic E-state index is 13.9. The number of ether oxygens (including phenoxy) is 1. The number of halogens is 2. The van der Waals surface area contributed by atoms with Gasteiger partial charge in [0.05, 0.1) is 19.3 Å². The van der Waals surface area contributed by atoms with E-state index in [-0.39, 0.29) is 5.75 Å². The minimum absolute atomic E-state index is 0.0116. The van der Waals surface area contributed by atoms with Crippen LogP contribution in [0.3, 0.4) is 0 Å². The number of amides is 1. The zero-order valence-electron chi connectivity index (χ0n) is 12.6. The Balaban J connectivity index is 2.14. The molecule has 1 amide bonds. The minimum atomic E-state index is -0.977. The number of hydrogen-bond donors (Lipinski definition) is 2. The molecular formula is C16H21F2NO3. The van der Waals surface area contributed by atoms with Crippen LogP contribution in [0.2, 0.25) is 0 Å². The number of carbonyl (C=O) groups excluding carboxylic acids is 1. The number of methoxy groups -OCH3 is 1. The van der Waals surface area contributed by atoms with E-state index in [1.165, 1.54) is 7.11 Å². The SMILES string of the molecule is COc1cc(F)c(C(=O)N[C@H]2CCCCCC[C@@H]2O)c(F)c1. The highest BCUT2D eigenvalue weighted by molar-refractivity contribution is 5.95. The number of nitrogens with one attached hydrogen (secondary N) is 1. The lowest BCUT2D eigenvalue weighted by Gasteiger charge is -2.26. The van der Waals surface area contributed by atoms with Crippen LogP contribution in [0.15, 0.2) is 12.1 Å². The van der Waals surface area contributed by atoms with Crippen LogP contribution in [0.5, 0.6) is 5.75 Å². The number of aliphatic hydroxyl groups excluding tert-OH is 1. The van der Waals surface area contributed by atoms with Crippen molar-refractivity contribution in [3.8, 4) is 5.75 Å². The fourth-order valence-electron chi connectivity index (χ4n) is 2.76. The number of aliphatic hydroxyl groups is 1. The van der Waals surface area contributed by atoms with Crippen molar-refractivity contribution in [3.63, 3.8) is 0 Å². The molecule has 6 heteroatoms. The Morgan fingerprint density at radius 2 is 1.77 bits per heavy atom. The summed E-state index contributed by atoms with van der Waals surface area (Å²) in [6.07, 6.45) is 4.34. The molecule has 122 valence electrons. The second-order valence-corrected chi connectivity index (χ2v) is 5.60. The largest absolute Gasteiger partial charge is 0.497 e. The molecule has 1 saturated carbocycles. The van der Waals surface area contributed by atoms with Crippen molar-refractivity contribution in [3.05, 3.63) is 29.3 Å². The predicted octanol–water partition coefficient (Wildman–Crippen LogP) is 2.79. The van der Waals surface area contributed by atoms with Gasteiger partial charge >= 0.3 is 0 Å². The minimum Gasteiger partial charge on any atom is -0.497 e. The van der Waals surface area contributed by atoms with Crippen LogP contribution in [-0.2, 0) is 0 Å². The van der Waals surface area contributed by atoms with Gasteiger partial charge in [0.1, 0.15) is 22.9 Å². The van der Waals surface area contributed by atoms with Gasteiger partial charge in [0.15, 0.2) is 0 Å². The summed E-state index contributed by atoms with van der Waals surface area (Å²) in [4.78, 5) is 12.2. The molecular weight excluding hydrogens is 292 g/mol. The second-order valence-electron chi connectivity index (χ2n) is 5.60. The summed E-state index contributed by atoms with van der Waals surface area (Å²) in [5.74, 6) is -2.79. The first-order valence-electron chi connectivity index (χ1n) is 7.55. The maximum Gasteiger partial charge on any atom is 0.257 e. The fraction of sp³-hybridized carbons (Fsp3) is 0.562. The van der Waals surface area contributed by atoms with Gasteiger partial charge in [-0.2, -0.15) is 0 Å². The third-order valence-corrected chi connectivity index (χ3v) is 4.02. The van der Waals surface area contributed by atoms with Gasteiger partial charge in [-0.3, -0.25) is 4.79 Å². The molecule has 1 aliphatic rings. The van der Waals surface area contributed by atoms with E-state index in [0.717, 1.165) is 37.8 Å². The van der Waals surface area contributed by atoms with Gasteiger partial charge in [0.2, 0.25) is 0 Å². The summed E-state index contributed by atoms with van der Waals surface area (Å²) < 4.78 is 32.6. The summed E-state index contributed by atoms with van der Waals surface area (Å²) in [6, 6.07) is 1.45. The normalized spacial score (nSPS) is 22.5. The zero-order chi connectivity index (χ0) is 16.1. The van der Waals surface area contributed by atoms with Crippen molar-refractivity contribution in [2.75, 3.05) is 7.11 Å². The predicted molar refractivity (Wildman–Crippen MR) is 77.9 cm³/mol. The van der Waals surface area contributed by atoms with E-state index in [0.29, 0.717) is 12.8 Å². The van der Waals surface area contributed by atoms with Gasteiger partial charge in [-0.15, -0.1) is 0 Å². The van der Waals surface area contributed by atoms with Crippen molar-refractivity contribution < 1.29 is 23.4 Å². The molecule has 0 heterocycles. The summed E-state index contributed by atoms with van der Waals surface area (Å²) >= 11 is 0. The molecule has 2 atom stereocenters. The average Bonchev–Trinajstić information content (AvgIpc) is 2.46. The smallest absolute Gasteiger partial charge is 0.257 e. The monoisotopic (exact) mass is 313 g/mol. The van der Waals surface area contributed by atoms with E-state index in [1.807, 2.05) is 0 Å². The van der Waals surface area contributed by atoms with Gasteiger partial charge < -0.3 is 15.2 Å². The molecule has 0 aromatic heterocycles.